The third-order valence-corrected chi connectivity index (χ3v) is 12.0. The summed E-state index contributed by atoms with van der Waals surface area (Å²) in [5.41, 5.74) is 0. The van der Waals surface area contributed by atoms with Gasteiger partial charge in [-0.3, -0.25) is 9.36 Å². The maximum absolute atomic E-state index is 12.7. The maximum atomic E-state index is 12.7. The normalized spacial score (nSPS) is 13.7. The molecule has 0 aliphatic carbocycles. The van der Waals surface area contributed by atoms with E-state index in [9.17, 15) is 14.3 Å². The first kappa shape index (κ1) is 57.2. The molecule has 0 saturated carbocycles. The number of rotatable bonds is 47. The molecule has 0 aromatic heterocycles. The van der Waals surface area contributed by atoms with Crippen LogP contribution in [0.1, 0.15) is 239 Å². The van der Waals surface area contributed by atoms with Gasteiger partial charge in [-0.15, -0.1) is 0 Å². The number of hydrogen-bond acceptors (Lipinski definition) is 7. The lowest BCUT2D eigenvalue weighted by atomic mass is 10.0. The highest BCUT2D eigenvalue weighted by molar-refractivity contribution is 7.45. The number of hydrogen-bond donors (Lipinski definition) is 0. The number of likely N-dealkylation sites (N-methyl/N-ethyl adjacent to an activating group) is 1. The molecular weight excluding hydrogens is 746 g/mol. The number of allylic oxidation sites excluding steroid dienone is 2. The topological polar surface area (TPSA) is 94.1 Å². The summed E-state index contributed by atoms with van der Waals surface area (Å²) in [6, 6.07) is 0. The monoisotopic (exact) mass is 844 g/mol. The van der Waals surface area contributed by atoms with Gasteiger partial charge in [0.1, 0.15) is 19.3 Å². The highest BCUT2D eigenvalue weighted by Gasteiger charge is 2.20. The van der Waals surface area contributed by atoms with Crippen molar-refractivity contribution in [2.24, 2.45) is 0 Å². The predicted molar refractivity (Wildman–Crippen MR) is 245 cm³/mol. The Kier molecular flexibility index (Phi) is 42.3. The Hall–Kier alpha value is -0.760. The average molecular weight is 844 g/mol. The van der Waals surface area contributed by atoms with Gasteiger partial charge in [0.15, 0.2) is 0 Å². The second-order valence-corrected chi connectivity index (χ2v) is 19.6. The van der Waals surface area contributed by atoms with Crippen LogP contribution in [0.15, 0.2) is 12.2 Å². The number of ether oxygens (including phenoxy) is 2. The Balaban J connectivity index is 4.09. The van der Waals surface area contributed by atoms with Crippen molar-refractivity contribution in [2.45, 2.75) is 245 Å². The molecule has 0 bridgehead atoms. The van der Waals surface area contributed by atoms with Gasteiger partial charge in [0.25, 0.3) is 7.82 Å². The zero-order valence-electron chi connectivity index (χ0n) is 39.3. The second-order valence-electron chi connectivity index (χ2n) is 18.2. The van der Waals surface area contributed by atoms with Gasteiger partial charge in [0, 0.05) is 13.0 Å². The molecule has 0 radical (unpaired) electrons. The lowest BCUT2D eigenvalue weighted by Crippen LogP contribution is -2.37. The molecule has 0 aliphatic rings. The molecule has 0 N–H and O–H groups in total. The summed E-state index contributed by atoms with van der Waals surface area (Å²) in [6.45, 7) is 5.46. The average Bonchev–Trinajstić information content (AvgIpc) is 3.18. The number of nitrogens with zero attached hydrogens (tertiary/aromatic N) is 1. The summed E-state index contributed by atoms with van der Waals surface area (Å²) in [5, 5.41) is 0. The van der Waals surface area contributed by atoms with Crippen LogP contribution in [0.25, 0.3) is 0 Å². The zero-order valence-corrected chi connectivity index (χ0v) is 40.2. The van der Waals surface area contributed by atoms with Crippen molar-refractivity contribution in [2.75, 3.05) is 54.1 Å². The van der Waals surface area contributed by atoms with E-state index in [1.54, 1.807) is 0 Å². The highest BCUT2D eigenvalue weighted by Crippen LogP contribution is 2.38. The number of phosphoric acid groups is 1. The van der Waals surface area contributed by atoms with E-state index >= 15 is 0 Å². The van der Waals surface area contributed by atoms with Crippen LogP contribution in [0.4, 0.5) is 0 Å². The van der Waals surface area contributed by atoms with Crippen molar-refractivity contribution in [3.8, 4) is 0 Å². The summed E-state index contributed by atoms with van der Waals surface area (Å²) in [4.78, 5) is 25.1. The SMILES string of the molecule is CCCCCCCCCC/C=C\CCCCCCCCCCCCOCC(COP(=O)([O-])OCC[N+](C)(C)C)OC(=O)CCCCCCCCCCCCCCCC. The van der Waals surface area contributed by atoms with E-state index in [4.69, 9.17) is 18.5 Å². The number of carbonyl (C=O) groups excluding carboxylic acids is 1. The van der Waals surface area contributed by atoms with Gasteiger partial charge < -0.3 is 27.9 Å². The number of quaternary nitrogens is 1. The van der Waals surface area contributed by atoms with Gasteiger partial charge in [-0.2, -0.15) is 0 Å². The molecule has 0 heterocycles. The quantitative estimate of drug-likeness (QED) is 0.0198. The molecule has 0 fully saturated rings. The highest BCUT2D eigenvalue weighted by atomic mass is 31.2. The first-order valence-corrected chi connectivity index (χ1v) is 26.4. The third kappa shape index (κ3) is 46.3. The summed E-state index contributed by atoms with van der Waals surface area (Å²) < 4.78 is 34.7. The molecule has 0 spiro atoms. The molecule has 2 unspecified atom stereocenters. The van der Waals surface area contributed by atoms with Gasteiger partial charge in [-0.05, 0) is 38.5 Å². The molecule has 9 heteroatoms. The minimum Gasteiger partial charge on any atom is -0.756 e. The van der Waals surface area contributed by atoms with Gasteiger partial charge in [-0.1, -0.05) is 206 Å². The fraction of sp³-hybridized carbons (Fsp3) is 0.939. The minimum atomic E-state index is -4.52. The first-order chi connectivity index (χ1) is 28.1. The molecule has 0 rings (SSSR count). The zero-order chi connectivity index (χ0) is 42.7. The smallest absolute Gasteiger partial charge is 0.306 e. The molecule has 8 nitrogen and oxygen atoms in total. The molecule has 0 aliphatic heterocycles. The Bertz CT molecular complexity index is 940. The second kappa shape index (κ2) is 42.9. The number of unbranched alkanes of at least 4 members (excludes halogenated alkanes) is 31. The van der Waals surface area contributed by atoms with Crippen molar-refractivity contribution in [3.05, 3.63) is 12.2 Å². The molecule has 346 valence electrons. The fourth-order valence-corrected chi connectivity index (χ4v) is 7.92. The molecule has 2 atom stereocenters. The fourth-order valence-electron chi connectivity index (χ4n) is 7.19. The van der Waals surface area contributed by atoms with Crippen LogP contribution >= 0.6 is 7.82 Å². The molecule has 0 aromatic rings. The summed E-state index contributed by atoms with van der Waals surface area (Å²) >= 11 is 0. The predicted octanol–water partition coefficient (Wildman–Crippen LogP) is 14.4. The summed E-state index contributed by atoms with van der Waals surface area (Å²) in [6.07, 6.45) is 48.0. The van der Waals surface area contributed by atoms with Gasteiger partial charge in [-0.25, -0.2) is 0 Å². The van der Waals surface area contributed by atoms with Crippen molar-refractivity contribution >= 4 is 13.8 Å². The van der Waals surface area contributed by atoms with Crippen LogP contribution in [0.2, 0.25) is 0 Å². The lowest BCUT2D eigenvalue weighted by molar-refractivity contribution is -0.870. The van der Waals surface area contributed by atoms with E-state index in [0.717, 1.165) is 32.1 Å². The third-order valence-electron chi connectivity index (χ3n) is 11.1. The number of carbonyl (C=O) groups is 1. The molecule has 0 amide bonds. The van der Waals surface area contributed by atoms with Gasteiger partial charge in [0.05, 0.1) is 34.4 Å². The van der Waals surface area contributed by atoms with Crippen LogP contribution in [0.3, 0.4) is 0 Å². The molecular formula is C49H98NO7P. The number of esters is 1. The van der Waals surface area contributed by atoms with Crippen LogP contribution in [-0.4, -0.2) is 70.7 Å². The Morgan fingerprint density at radius 1 is 0.517 bits per heavy atom. The van der Waals surface area contributed by atoms with E-state index in [0.29, 0.717) is 24.1 Å². The number of phosphoric ester groups is 1. The Labute approximate surface area is 360 Å². The summed E-state index contributed by atoms with van der Waals surface area (Å²) in [5.74, 6) is -0.330. The lowest BCUT2D eigenvalue weighted by Gasteiger charge is -2.28. The van der Waals surface area contributed by atoms with E-state index in [-0.39, 0.29) is 25.8 Å². The maximum Gasteiger partial charge on any atom is 0.306 e. The van der Waals surface area contributed by atoms with Crippen LogP contribution < -0.4 is 4.89 Å². The minimum absolute atomic E-state index is 0.0294. The van der Waals surface area contributed by atoms with E-state index in [2.05, 4.69) is 26.0 Å². The standard InChI is InChI=1S/C49H98NO7P/c1-6-8-10-12-14-16-18-20-22-23-24-25-26-27-28-29-31-33-35-37-39-41-44-54-46-48(47-56-58(52,53)55-45-43-50(3,4)5)57-49(51)42-40-38-36-34-32-30-21-19-17-15-13-11-9-7-2/h23-24,48H,6-22,25-47H2,1-5H3/b24-23-. The van der Waals surface area contributed by atoms with Crippen LogP contribution in [-0.2, 0) is 27.9 Å². The van der Waals surface area contributed by atoms with E-state index < -0.39 is 13.9 Å². The van der Waals surface area contributed by atoms with Gasteiger partial charge in [0.2, 0.25) is 0 Å². The molecule has 58 heavy (non-hydrogen) atoms. The Morgan fingerprint density at radius 3 is 1.31 bits per heavy atom. The first-order valence-electron chi connectivity index (χ1n) is 24.9. The van der Waals surface area contributed by atoms with Crippen molar-refractivity contribution in [3.63, 3.8) is 0 Å². The summed E-state index contributed by atoms with van der Waals surface area (Å²) in [7, 11) is 1.37. The van der Waals surface area contributed by atoms with Gasteiger partial charge >= 0.3 is 5.97 Å². The van der Waals surface area contributed by atoms with Crippen molar-refractivity contribution in [1.29, 1.82) is 0 Å². The van der Waals surface area contributed by atoms with Crippen molar-refractivity contribution < 1.29 is 37.3 Å². The van der Waals surface area contributed by atoms with Crippen LogP contribution in [0, 0.1) is 0 Å². The molecule has 0 aromatic carbocycles. The molecule has 0 saturated heterocycles. The van der Waals surface area contributed by atoms with Crippen LogP contribution in [0.5, 0.6) is 0 Å². The van der Waals surface area contributed by atoms with E-state index in [1.165, 1.54) is 186 Å². The van der Waals surface area contributed by atoms with E-state index in [1.807, 2.05) is 21.1 Å². The largest absolute Gasteiger partial charge is 0.756 e. The Morgan fingerprint density at radius 2 is 0.897 bits per heavy atom. The van der Waals surface area contributed by atoms with Crippen molar-refractivity contribution in [1.82, 2.24) is 0 Å².